The Morgan fingerprint density at radius 1 is 0.595 bits per heavy atom. The predicted octanol–water partition coefficient (Wildman–Crippen LogP) is 7.85. The summed E-state index contributed by atoms with van der Waals surface area (Å²) >= 11 is 6.20. The Hall–Kier alpha value is -2.85. The van der Waals surface area contributed by atoms with Crippen molar-refractivity contribution in [1.82, 2.24) is 19.9 Å². The average Bonchev–Trinajstić information content (AvgIpc) is 2.79. The van der Waals surface area contributed by atoms with E-state index in [1.54, 1.807) is 24.8 Å². The van der Waals surface area contributed by atoms with Gasteiger partial charge in [0.25, 0.3) is 0 Å². The van der Waals surface area contributed by atoms with Crippen LogP contribution >= 0.6 is 11.6 Å². The minimum absolute atomic E-state index is 0. The standard InChI is InChI=1S/C15H10ClN3.C6H7N.2BF4.Pt/c16-11-7-8-13(12-5-1-3-9-17-12)19-15(11)14-6-2-4-10-18-14;1-6-2-4-7-5-3-6;2*2-1(3,4)5;/h1-10H;2-5H,1H3;;;/q;;2*-1;+2. The summed E-state index contributed by atoms with van der Waals surface area (Å²) in [6.45, 7) is 2.04. The molecule has 0 N–H and O–H groups in total. The Morgan fingerprint density at radius 3 is 1.43 bits per heavy atom. The molecular weight excluding hydrogens is 712 g/mol. The van der Waals surface area contributed by atoms with Gasteiger partial charge in [0, 0.05) is 24.8 Å². The van der Waals surface area contributed by atoms with E-state index < -0.39 is 14.5 Å². The first-order valence-electron chi connectivity index (χ1n) is 9.84. The fourth-order valence-corrected chi connectivity index (χ4v) is 2.41. The van der Waals surface area contributed by atoms with E-state index in [0.29, 0.717) is 10.7 Å². The van der Waals surface area contributed by atoms with E-state index >= 15 is 0 Å². The second kappa shape index (κ2) is 16.8. The van der Waals surface area contributed by atoms with Crippen LogP contribution in [0.5, 0.6) is 0 Å². The van der Waals surface area contributed by atoms with Crippen LogP contribution in [0.15, 0.2) is 85.5 Å². The molecule has 16 heteroatoms. The van der Waals surface area contributed by atoms with Crippen LogP contribution in [0.2, 0.25) is 5.02 Å². The average molecular weight is 730 g/mol. The molecule has 0 saturated heterocycles. The summed E-state index contributed by atoms with van der Waals surface area (Å²) in [6.07, 6.45) is 7.04. The van der Waals surface area contributed by atoms with Crippen molar-refractivity contribution in [3.8, 4) is 22.8 Å². The molecule has 0 unspecified atom stereocenters. The molecule has 4 nitrogen and oxygen atoms in total. The summed E-state index contributed by atoms with van der Waals surface area (Å²) in [5.41, 5.74) is 4.28. The third kappa shape index (κ3) is 18.1. The molecule has 4 aromatic heterocycles. The van der Waals surface area contributed by atoms with Crippen LogP contribution in [-0.4, -0.2) is 34.4 Å². The van der Waals surface area contributed by atoms with E-state index in [-0.39, 0.29) is 21.1 Å². The zero-order valence-corrected chi connectivity index (χ0v) is 21.8. The summed E-state index contributed by atoms with van der Waals surface area (Å²) < 4.78 is 78.0. The number of hydrogen-bond acceptors (Lipinski definition) is 4. The second-order valence-corrected chi connectivity index (χ2v) is 6.88. The van der Waals surface area contributed by atoms with Crippen molar-refractivity contribution in [2.75, 3.05) is 0 Å². The van der Waals surface area contributed by atoms with Crippen molar-refractivity contribution in [2.45, 2.75) is 6.92 Å². The van der Waals surface area contributed by atoms with Crippen LogP contribution in [-0.2, 0) is 21.1 Å². The van der Waals surface area contributed by atoms with Crippen molar-refractivity contribution in [3.63, 3.8) is 0 Å². The van der Waals surface area contributed by atoms with Gasteiger partial charge < -0.3 is 34.5 Å². The molecule has 37 heavy (non-hydrogen) atoms. The van der Waals surface area contributed by atoms with Crippen molar-refractivity contribution >= 4 is 26.1 Å². The van der Waals surface area contributed by atoms with Crippen LogP contribution in [0.3, 0.4) is 0 Å². The minimum Gasteiger partial charge on any atom is -0.418 e. The largest absolute Gasteiger partial charge is 2.00 e. The molecule has 0 amide bonds. The van der Waals surface area contributed by atoms with Crippen LogP contribution in [0, 0.1) is 6.92 Å². The fourth-order valence-electron chi connectivity index (χ4n) is 2.21. The van der Waals surface area contributed by atoms with Crippen LogP contribution in [0.1, 0.15) is 5.56 Å². The van der Waals surface area contributed by atoms with Gasteiger partial charge >= 0.3 is 35.6 Å². The number of rotatable bonds is 2. The molecule has 200 valence electrons. The Morgan fingerprint density at radius 2 is 1.05 bits per heavy atom. The molecule has 0 spiro atoms. The van der Waals surface area contributed by atoms with E-state index in [2.05, 4.69) is 19.9 Å². The van der Waals surface area contributed by atoms with E-state index in [4.69, 9.17) is 11.6 Å². The van der Waals surface area contributed by atoms with E-state index in [0.717, 1.165) is 17.1 Å². The number of hydrogen-bond donors (Lipinski definition) is 0. The molecule has 0 saturated carbocycles. The zero-order chi connectivity index (χ0) is 27.2. The van der Waals surface area contributed by atoms with E-state index in [1.807, 2.05) is 67.6 Å². The molecule has 4 heterocycles. The molecule has 4 rings (SSSR count). The number of nitrogens with zero attached hydrogens (tertiary/aromatic N) is 4. The number of pyridine rings is 4. The van der Waals surface area contributed by atoms with Gasteiger partial charge in [0.05, 0.1) is 22.1 Å². The first-order chi connectivity index (χ1) is 16.7. The van der Waals surface area contributed by atoms with Gasteiger partial charge in [-0.3, -0.25) is 15.0 Å². The third-order valence-electron chi connectivity index (χ3n) is 3.53. The topological polar surface area (TPSA) is 51.6 Å². The van der Waals surface area contributed by atoms with Gasteiger partial charge in [0.1, 0.15) is 5.69 Å². The minimum atomic E-state index is -6.00. The van der Waals surface area contributed by atoms with Crippen molar-refractivity contribution < 1.29 is 55.6 Å². The Labute approximate surface area is 227 Å². The molecule has 0 aliphatic rings. The van der Waals surface area contributed by atoms with Crippen molar-refractivity contribution in [1.29, 1.82) is 0 Å². The maximum atomic E-state index is 9.75. The molecule has 0 aromatic carbocycles. The molecular formula is C21H17B2ClF8N4Pt. The van der Waals surface area contributed by atoms with Crippen molar-refractivity contribution in [3.05, 3.63) is 96.0 Å². The SMILES string of the molecule is Cc1ccncc1.Clc1ccc(-c2ccccn2)nc1-c1ccccn1.F[B-](F)(F)F.F[B-](F)(F)F.[Pt+2]. The maximum absolute atomic E-state index is 9.75. The molecule has 0 aliphatic heterocycles. The predicted molar refractivity (Wildman–Crippen MR) is 125 cm³/mol. The van der Waals surface area contributed by atoms with Gasteiger partial charge in [-0.05, 0) is 61.0 Å². The van der Waals surface area contributed by atoms with Gasteiger partial charge in [-0.2, -0.15) is 0 Å². The van der Waals surface area contributed by atoms with Crippen molar-refractivity contribution in [2.24, 2.45) is 0 Å². The van der Waals surface area contributed by atoms with Gasteiger partial charge in [-0.1, -0.05) is 23.7 Å². The fraction of sp³-hybridized carbons (Fsp3) is 0.0476. The molecule has 0 bridgehead atoms. The van der Waals surface area contributed by atoms with Gasteiger partial charge in [0.15, 0.2) is 0 Å². The zero-order valence-electron chi connectivity index (χ0n) is 18.7. The summed E-state index contributed by atoms with van der Waals surface area (Å²) in [5.74, 6) is 0. The van der Waals surface area contributed by atoms with Gasteiger partial charge in [-0.25, -0.2) is 4.98 Å². The molecule has 0 radical (unpaired) electrons. The quantitative estimate of drug-likeness (QED) is 0.156. The summed E-state index contributed by atoms with van der Waals surface area (Å²) in [4.78, 5) is 17.0. The molecule has 4 aromatic rings. The normalized spacial score (nSPS) is 10.2. The molecule has 0 aliphatic carbocycles. The number of halogens is 9. The molecule has 0 atom stereocenters. The smallest absolute Gasteiger partial charge is 0.418 e. The summed E-state index contributed by atoms with van der Waals surface area (Å²) in [5, 5.41) is 0.582. The van der Waals surface area contributed by atoms with Crippen LogP contribution in [0.4, 0.5) is 34.5 Å². The summed E-state index contributed by atoms with van der Waals surface area (Å²) in [7, 11) is -12.0. The Kier molecular flexibility index (Phi) is 15.5. The first-order valence-corrected chi connectivity index (χ1v) is 10.2. The number of aromatic nitrogens is 4. The number of aryl methyl sites for hydroxylation is 1. The van der Waals surface area contributed by atoms with Gasteiger partial charge in [0.2, 0.25) is 0 Å². The third-order valence-corrected chi connectivity index (χ3v) is 3.83. The monoisotopic (exact) mass is 729 g/mol. The first kappa shape index (κ1) is 34.1. The van der Waals surface area contributed by atoms with Crippen LogP contribution in [0.25, 0.3) is 22.8 Å². The Bertz CT molecular complexity index is 1140. The van der Waals surface area contributed by atoms with E-state index in [1.165, 1.54) is 5.56 Å². The molecule has 0 fully saturated rings. The van der Waals surface area contributed by atoms with Gasteiger partial charge in [-0.15, -0.1) is 0 Å². The maximum Gasteiger partial charge on any atom is 2.00 e. The van der Waals surface area contributed by atoms with Crippen LogP contribution < -0.4 is 0 Å². The summed E-state index contributed by atoms with van der Waals surface area (Å²) in [6, 6.07) is 19.0. The Balaban J connectivity index is 0.000000594. The van der Waals surface area contributed by atoms with E-state index in [9.17, 15) is 34.5 Å². The second-order valence-electron chi connectivity index (χ2n) is 6.47.